The molecule has 0 atom stereocenters. The minimum Gasteiger partial charge on any atom is -0.402 e. The highest BCUT2D eigenvalue weighted by molar-refractivity contribution is 6.32. The van der Waals surface area contributed by atoms with Crippen molar-refractivity contribution in [3.63, 3.8) is 0 Å². The number of rotatable bonds is 3. The van der Waals surface area contributed by atoms with Crippen molar-refractivity contribution in [1.29, 1.82) is 5.41 Å². The monoisotopic (exact) mass is 195 g/mol. The average molecular weight is 195 g/mol. The molecule has 0 fully saturated rings. The van der Waals surface area contributed by atoms with Crippen LogP contribution in [-0.2, 0) is 16.1 Å². The minimum atomic E-state index is -1.68. The summed E-state index contributed by atoms with van der Waals surface area (Å²) in [5.41, 5.74) is 0.917. The van der Waals surface area contributed by atoms with Crippen LogP contribution < -0.4 is 0 Å². The van der Waals surface area contributed by atoms with E-state index in [9.17, 15) is 0 Å². The maximum Gasteiger partial charge on any atom is 0.634 e. The van der Waals surface area contributed by atoms with Gasteiger partial charge in [0.05, 0.1) is 6.61 Å². The van der Waals surface area contributed by atoms with E-state index < -0.39 is 7.32 Å². The van der Waals surface area contributed by atoms with Gasteiger partial charge in [-0.25, -0.2) is 10.2 Å². The van der Waals surface area contributed by atoms with Crippen LogP contribution >= 0.6 is 0 Å². The van der Waals surface area contributed by atoms with Crippen LogP contribution in [0, 0.1) is 5.41 Å². The molecule has 0 radical (unpaired) electrons. The van der Waals surface area contributed by atoms with Gasteiger partial charge in [-0.1, -0.05) is 30.3 Å². The van der Waals surface area contributed by atoms with Gasteiger partial charge in [-0.3, -0.25) is 0 Å². The Balaban J connectivity index is 0.000000500. The number of benzene rings is 1. The first-order valence-corrected chi connectivity index (χ1v) is 3.76. The van der Waals surface area contributed by atoms with Crippen molar-refractivity contribution in [2.24, 2.45) is 0 Å². The van der Waals surface area contributed by atoms with Gasteiger partial charge in [-0.15, -0.1) is 0 Å². The molecule has 3 N–H and O–H groups in total. The summed E-state index contributed by atoms with van der Waals surface area (Å²) in [6, 6.07) is 9.31. The highest BCUT2D eigenvalue weighted by Crippen LogP contribution is 1.99. The normalized spacial score (nSPS) is 8.14. The fourth-order valence-corrected chi connectivity index (χ4v) is 0.745. The Morgan fingerprint density at radius 1 is 1.36 bits per heavy atom. The van der Waals surface area contributed by atoms with E-state index >= 15 is 0 Å². The van der Waals surface area contributed by atoms with Gasteiger partial charge in [-0.2, -0.15) is 0 Å². The molecule has 0 aliphatic heterocycles. The van der Waals surface area contributed by atoms with E-state index in [0.717, 1.165) is 11.6 Å². The minimum absolute atomic E-state index is 0.221. The maximum atomic E-state index is 8.35. The number of isocyanates is 1. The molecule has 0 spiro atoms. The molecule has 0 aromatic heterocycles. The van der Waals surface area contributed by atoms with Crippen LogP contribution in [0.15, 0.2) is 30.3 Å². The number of nitrogens with one attached hydrogen (secondary N) is 1. The first kappa shape index (κ1) is 12.5. The molecular weight excluding hydrogens is 185 g/mol. The molecule has 0 unspecified atom stereocenters. The van der Waals surface area contributed by atoms with E-state index in [1.807, 2.05) is 30.3 Å². The molecular formula is C8H10BNO4. The van der Waals surface area contributed by atoms with Crippen LogP contribution in [0.2, 0.25) is 0 Å². The quantitative estimate of drug-likeness (QED) is 0.361. The molecule has 1 aromatic rings. The van der Waals surface area contributed by atoms with Crippen LogP contribution in [0.4, 0.5) is 0 Å². The number of carbonyl (C=O) groups excluding carboxylic acids is 1. The van der Waals surface area contributed by atoms with Gasteiger partial charge in [-0.05, 0) is 5.56 Å². The van der Waals surface area contributed by atoms with E-state index in [4.69, 9.17) is 20.3 Å². The molecule has 0 aliphatic carbocycles. The average Bonchev–Trinajstić information content (AvgIpc) is 2.18. The van der Waals surface area contributed by atoms with Crippen molar-refractivity contribution in [3.8, 4) is 0 Å². The van der Waals surface area contributed by atoms with E-state index in [1.165, 1.54) is 0 Å². The molecule has 1 rings (SSSR count). The van der Waals surface area contributed by atoms with Gasteiger partial charge in [0.25, 0.3) is 0 Å². The van der Waals surface area contributed by atoms with Gasteiger partial charge < -0.3 is 14.7 Å². The van der Waals surface area contributed by atoms with Crippen molar-refractivity contribution in [2.45, 2.75) is 6.61 Å². The van der Waals surface area contributed by atoms with Crippen LogP contribution in [0.5, 0.6) is 0 Å². The van der Waals surface area contributed by atoms with Gasteiger partial charge >= 0.3 is 7.32 Å². The van der Waals surface area contributed by atoms with Crippen molar-refractivity contribution in [2.75, 3.05) is 0 Å². The molecule has 1 aromatic carbocycles. The molecule has 74 valence electrons. The highest BCUT2D eigenvalue weighted by Gasteiger charge is 2.07. The lowest BCUT2D eigenvalue weighted by Crippen LogP contribution is -2.16. The third kappa shape index (κ3) is 7.21. The van der Waals surface area contributed by atoms with Gasteiger partial charge in [0.2, 0.25) is 6.08 Å². The summed E-state index contributed by atoms with van der Waals surface area (Å²) >= 11 is 0. The zero-order valence-corrected chi connectivity index (χ0v) is 7.38. The molecule has 5 nitrogen and oxygen atoms in total. The molecule has 0 bridgehead atoms. The lowest BCUT2D eigenvalue weighted by atomic mass is 10.2. The third-order valence-electron chi connectivity index (χ3n) is 1.24. The van der Waals surface area contributed by atoms with E-state index in [0.29, 0.717) is 0 Å². The standard InChI is InChI=1S/C7H9BO3.CHNO/c9-8(10)11-6-7-4-2-1-3-5-7;2-1-3/h1-5,9-10H,6H2;2H. The Morgan fingerprint density at radius 3 is 2.29 bits per heavy atom. The lowest BCUT2D eigenvalue weighted by molar-refractivity contribution is 0.177. The molecule has 0 amide bonds. The summed E-state index contributed by atoms with van der Waals surface area (Å²) in [7, 11) is -1.68. The van der Waals surface area contributed by atoms with Gasteiger partial charge in [0.1, 0.15) is 0 Å². The third-order valence-corrected chi connectivity index (χ3v) is 1.24. The van der Waals surface area contributed by atoms with Crippen LogP contribution in [0.25, 0.3) is 0 Å². The fourth-order valence-electron chi connectivity index (χ4n) is 0.745. The Hall–Kier alpha value is -1.46. The Kier molecular flexibility index (Phi) is 7.31. The number of hydrogen-bond acceptors (Lipinski definition) is 5. The maximum absolute atomic E-state index is 8.35. The Morgan fingerprint density at radius 2 is 1.86 bits per heavy atom. The van der Waals surface area contributed by atoms with Crippen molar-refractivity contribution >= 4 is 13.4 Å². The Labute approximate surface area is 81.6 Å². The van der Waals surface area contributed by atoms with Crippen molar-refractivity contribution < 1.29 is 19.5 Å². The fraction of sp³-hybridized carbons (Fsp3) is 0.125. The van der Waals surface area contributed by atoms with Gasteiger partial charge in [0, 0.05) is 0 Å². The number of hydrogen-bond donors (Lipinski definition) is 3. The summed E-state index contributed by atoms with van der Waals surface area (Å²) in [4.78, 5) is 8.35. The van der Waals surface area contributed by atoms with E-state index in [1.54, 1.807) is 0 Å². The molecule has 6 heteroatoms. The van der Waals surface area contributed by atoms with Crippen molar-refractivity contribution in [3.05, 3.63) is 35.9 Å². The zero-order valence-electron chi connectivity index (χ0n) is 7.38. The summed E-state index contributed by atoms with van der Waals surface area (Å²) in [5, 5.41) is 22.1. The predicted molar refractivity (Wildman–Crippen MR) is 49.8 cm³/mol. The molecule has 0 aliphatic rings. The summed E-state index contributed by atoms with van der Waals surface area (Å²) in [6.07, 6.45) is 0.750. The SMILES string of the molecule is N=C=O.OB(O)OCc1ccccc1. The van der Waals surface area contributed by atoms with Crippen LogP contribution in [-0.4, -0.2) is 23.4 Å². The summed E-state index contributed by atoms with van der Waals surface area (Å²) in [5.74, 6) is 0. The second-order valence-corrected chi connectivity index (χ2v) is 2.22. The molecule has 0 saturated carbocycles. The second-order valence-electron chi connectivity index (χ2n) is 2.22. The first-order chi connectivity index (χ1) is 6.70. The molecule has 14 heavy (non-hydrogen) atoms. The summed E-state index contributed by atoms with van der Waals surface area (Å²) in [6.45, 7) is 0.221. The van der Waals surface area contributed by atoms with Gasteiger partial charge in [0.15, 0.2) is 0 Å². The Bertz CT molecular complexity index is 272. The summed E-state index contributed by atoms with van der Waals surface area (Å²) < 4.78 is 4.54. The van der Waals surface area contributed by atoms with Crippen molar-refractivity contribution in [1.82, 2.24) is 0 Å². The first-order valence-electron chi connectivity index (χ1n) is 3.76. The predicted octanol–water partition coefficient (Wildman–Crippen LogP) is 0.0737. The topological polar surface area (TPSA) is 90.6 Å². The lowest BCUT2D eigenvalue weighted by Gasteiger charge is -2.00. The second kappa shape index (κ2) is 8.16. The van der Waals surface area contributed by atoms with E-state index in [-0.39, 0.29) is 6.61 Å². The largest absolute Gasteiger partial charge is 0.634 e. The zero-order chi connectivity index (χ0) is 10.8. The van der Waals surface area contributed by atoms with Crippen LogP contribution in [0.3, 0.4) is 0 Å². The molecule has 0 saturated heterocycles. The molecule has 0 heterocycles. The highest BCUT2D eigenvalue weighted by atomic mass is 16.6. The van der Waals surface area contributed by atoms with Crippen LogP contribution in [0.1, 0.15) is 5.56 Å². The van der Waals surface area contributed by atoms with E-state index in [2.05, 4.69) is 4.65 Å². The smallest absolute Gasteiger partial charge is 0.402 e.